The van der Waals surface area contributed by atoms with Crippen molar-refractivity contribution in [2.45, 2.75) is 57.8 Å². The van der Waals surface area contributed by atoms with Crippen LogP contribution in [0.25, 0.3) is 0 Å². The number of terminal acetylenes is 1. The monoisotopic (exact) mass is 629 g/mol. The van der Waals surface area contributed by atoms with Crippen molar-refractivity contribution in [1.82, 2.24) is 25.7 Å². The molecule has 0 bridgehead atoms. The van der Waals surface area contributed by atoms with Crippen molar-refractivity contribution in [3.63, 3.8) is 0 Å². The van der Waals surface area contributed by atoms with Gasteiger partial charge in [-0.15, -0.1) is 6.42 Å². The van der Waals surface area contributed by atoms with Gasteiger partial charge in [-0.2, -0.15) is 9.78 Å². The molecule has 3 atom stereocenters. The molecule has 1 aromatic heterocycles. The molecule has 0 aliphatic heterocycles. The number of sulfone groups is 1. The number of benzene rings is 2. The molecular weight excluding hydrogens is 592 g/mol. The molecule has 10 nitrogen and oxygen atoms in total. The first-order chi connectivity index (χ1) is 20.9. The maximum Gasteiger partial charge on any atom is 0.342 e. The fourth-order valence-corrected chi connectivity index (χ4v) is 6.09. The lowest BCUT2D eigenvalue weighted by Crippen LogP contribution is -2.57. The minimum Gasteiger partial charge on any atom is -0.390 e. The highest BCUT2D eigenvalue weighted by molar-refractivity contribution is 7.91. The Hall–Kier alpha value is -4.12. The van der Waals surface area contributed by atoms with Crippen molar-refractivity contribution in [3.8, 4) is 12.3 Å². The number of amides is 2. The highest BCUT2D eigenvalue weighted by atomic mass is 32.2. The van der Waals surface area contributed by atoms with Crippen LogP contribution >= 0.6 is 0 Å². The number of aliphatic hydroxyl groups is 1. The van der Waals surface area contributed by atoms with Crippen molar-refractivity contribution in [1.29, 1.82) is 0 Å². The average Bonchev–Trinajstić information content (AvgIpc) is 3.41. The van der Waals surface area contributed by atoms with E-state index in [4.69, 9.17) is 6.42 Å². The molecule has 44 heavy (non-hydrogen) atoms. The molecule has 0 aliphatic carbocycles. The zero-order valence-corrected chi connectivity index (χ0v) is 25.4. The summed E-state index contributed by atoms with van der Waals surface area (Å²) in [6.45, 7) is 3.79. The second-order valence-electron chi connectivity index (χ2n) is 10.6. The Morgan fingerprint density at radius 3 is 2.48 bits per heavy atom. The topological polar surface area (TPSA) is 142 Å². The molecule has 2 aromatic carbocycles. The predicted octanol–water partition coefficient (Wildman–Crippen LogP) is 2.47. The summed E-state index contributed by atoms with van der Waals surface area (Å²) in [6, 6.07) is 6.52. The van der Waals surface area contributed by atoms with E-state index in [0.29, 0.717) is 36.6 Å². The van der Waals surface area contributed by atoms with Gasteiger partial charge in [-0.25, -0.2) is 22.0 Å². The van der Waals surface area contributed by atoms with Gasteiger partial charge in [0, 0.05) is 30.9 Å². The molecular formula is C31H37F2N5O5S. The van der Waals surface area contributed by atoms with E-state index in [-0.39, 0.29) is 24.3 Å². The molecule has 236 valence electrons. The summed E-state index contributed by atoms with van der Waals surface area (Å²) in [7, 11) is -3.78. The van der Waals surface area contributed by atoms with Crippen LogP contribution in [0.5, 0.6) is 0 Å². The molecule has 0 spiro atoms. The van der Waals surface area contributed by atoms with E-state index in [2.05, 4.69) is 27.0 Å². The quantitative estimate of drug-likeness (QED) is 0.189. The number of aromatic nitrogens is 2. The molecule has 0 aliphatic rings. The van der Waals surface area contributed by atoms with Crippen LogP contribution in [-0.2, 0) is 27.6 Å². The number of carbonyl (C=O) groups is 2. The Balaban J connectivity index is 1.82. The van der Waals surface area contributed by atoms with E-state index in [1.54, 1.807) is 25.1 Å². The number of nitrogens with zero attached hydrogens (tertiary/aromatic N) is 2. The lowest BCUT2D eigenvalue weighted by molar-refractivity contribution is -0.124. The molecule has 0 saturated carbocycles. The Bertz CT molecular complexity index is 1570. The maximum absolute atomic E-state index is 14.0. The Kier molecular flexibility index (Phi) is 12.6. The molecule has 2 amide bonds. The normalized spacial score (nSPS) is 13.5. The number of hydrogen-bond donors (Lipinski definition) is 4. The zero-order chi connectivity index (χ0) is 32.3. The largest absolute Gasteiger partial charge is 0.390 e. The molecule has 0 radical (unpaired) electrons. The van der Waals surface area contributed by atoms with Crippen molar-refractivity contribution in [2.75, 3.05) is 18.1 Å². The minimum absolute atomic E-state index is 0.0542. The lowest BCUT2D eigenvalue weighted by atomic mass is 10.00. The molecule has 4 N–H and O–H groups in total. The predicted molar refractivity (Wildman–Crippen MR) is 162 cm³/mol. The summed E-state index contributed by atoms with van der Waals surface area (Å²) in [5, 5.41) is 23.1. The van der Waals surface area contributed by atoms with Gasteiger partial charge in [0.05, 0.1) is 29.8 Å². The summed E-state index contributed by atoms with van der Waals surface area (Å²) in [5.74, 6) is -0.930. The van der Waals surface area contributed by atoms with E-state index in [0.717, 1.165) is 22.4 Å². The standard InChI is InChI=1S/C31H37F2N5O5S/c1-4-6-10-44(42,43)20-28(37-31(41)38-19-21(3)16-35-38)30(40)36-27(14-24-12-25(32)15-26(33)13-24)29(39)18-34-17-23-9-7-8-22(5-2)11-23/h2,7-9,11-13,15-16,19,27-29,34,39H,4,6,10,14,17-18,20H2,1,3H3,(H,36,40)(H,37,41). The number of nitrogens with one attached hydrogen (secondary N) is 3. The van der Waals surface area contributed by atoms with Crippen LogP contribution in [0.4, 0.5) is 13.6 Å². The van der Waals surface area contributed by atoms with Gasteiger partial charge in [-0.05, 0) is 60.7 Å². The van der Waals surface area contributed by atoms with Crippen LogP contribution in [0.3, 0.4) is 0 Å². The number of aliphatic hydroxyl groups excluding tert-OH is 1. The summed E-state index contributed by atoms with van der Waals surface area (Å²) in [4.78, 5) is 26.4. The van der Waals surface area contributed by atoms with Crippen LogP contribution < -0.4 is 16.0 Å². The van der Waals surface area contributed by atoms with Gasteiger partial charge in [0.25, 0.3) is 0 Å². The fourth-order valence-electron chi connectivity index (χ4n) is 4.45. The number of hydrogen-bond acceptors (Lipinski definition) is 7. The maximum atomic E-state index is 14.0. The Morgan fingerprint density at radius 1 is 1.11 bits per heavy atom. The van der Waals surface area contributed by atoms with Crippen molar-refractivity contribution in [3.05, 3.63) is 88.7 Å². The van der Waals surface area contributed by atoms with Gasteiger partial charge in [0.15, 0.2) is 9.84 Å². The second kappa shape index (κ2) is 16.1. The first kappa shape index (κ1) is 34.4. The molecule has 3 unspecified atom stereocenters. The smallest absolute Gasteiger partial charge is 0.342 e. The third-order valence-corrected chi connectivity index (χ3v) is 8.46. The van der Waals surface area contributed by atoms with E-state index in [1.165, 1.54) is 12.4 Å². The van der Waals surface area contributed by atoms with Gasteiger partial charge in [-0.3, -0.25) is 4.79 Å². The van der Waals surface area contributed by atoms with Crippen molar-refractivity contribution >= 4 is 21.8 Å². The highest BCUT2D eigenvalue weighted by Crippen LogP contribution is 2.13. The summed E-state index contributed by atoms with van der Waals surface area (Å²) in [5.41, 5.74) is 2.34. The van der Waals surface area contributed by atoms with Gasteiger partial charge in [0.1, 0.15) is 17.7 Å². The van der Waals surface area contributed by atoms with E-state index < -0.39 is 57.4 Å². The average molecular weight is 630 g/mol. The third-order valence-electron chi connectivity index (χ3n) is 6.71. The van der Waals surface area contributed by atoms with Gasteiger partial charge >= 0.3 is 6.03 Å². The molecule has 1 heterocycles. The molecule has 0 fully saturated rings. The first-order valence-corrected chi connectivity index (χ1v) is 15.9. The number of rotatable bonds is 15. The lowest BCUT2D eigenvalue weighted by Gasteiger charge is -2.27. The number of aryl methyl sites for hydroxylation is 1. The second-order valence-corrected chi connectivity index (χ2v) is 12.8. The summed E-state index contributed by atoms with van der Waals surface area (Å²) >= 11 is 0. The summed E-state index contributed by atoms with van der Waals surface area (Å²) < 4.78 is 54.5. The number of unbranched alkanes of at least 4 members (excludes halogenated alkanes) is 1. The minimum atomic E-state index is -3.78. The highest BCUT2D eigenvalue weighted by Gasteiger charge is 2.31. The molecule has 13 heteroatoms. The number of carbonyl (C=O) groups excluding carboxylic acids is 2. The van der Waals surface area contributed by atoms with Gasteiger partial charge < -0.3 is 21.1 Å². The van der Waals surface area contributed by atoms with Crippen LogP contribution in [0.2, 0.25) is 0 Å². The fraction of sp³-hybridized carbons (Fsp3) is 0.387. The van der Waals surface area contributed by atoms with Crippen LogP contribution in [0.15, 0.2) is 54.9 Å². The summed E-state index contributed by atoms with van der Waals surface area (Å²) in [6.07, 6.45) is 7.77. The third kappa shape index (κ3) is 10.9. The van der Waals surface area contributed by atoms with Crippen molar-refractivity contribution < 1.29 is 31.9 Å². The van der Waals surface area contributed by atoms with Crippen LogP contribution in [0.1, 0.15) is 42.0 Å². The first-order valence-electron chi connectivity index (χ1n) is 14.1. The molecule has 3 aromatic rings. The Labute approximate surface area is 256 Å². The Morgan fingerprint density at radius 2 is 1.84 bits per heavy atom. The molecule has 3 rings (SSSR count). The van der Waals surface area contributed by atoms with Crippen LogP contribution in [0, 0.1) is 30.9 Å². The molecule has 0 saturated heterocycles. The van der Waals surface area contributed by atoms with Gasteiger partial charge in [-0.1, -0.05) is 31.4 Å². The number of halogens is 2. The van der Waals surface area contributed by atoms with Crippen molar-refractivity contribution in [2.24, 2.45) is 0 Å². The van der Waals surface area contributed by atoms with E-state index in [9.17, 15) is 31.9 Å². The van der Waals surface area contributed by atoms with E-state index in [1.807, 2.05) is 13.0 Å². The van der Waals surface area contributed by atoms with Gasteiger partial charge in [0.2, 0.25) is 5.91 Å². The SMILES string of the molecule is C#Cc1cccc(CNCC(O)C(Cc2cc(F)cc(F)c2)NC(=O)C(CS(=O)(=O)CCCC)NC(=O)n2cc(C)cn2)c1. The zero-order valence-electron chi connectivity index (χ0n) is 24.6. The van der Waals surface area contributed by atoms with E-state index >= 15 is 0 Å². The van der Waals surface area contributed by atoms with Crippen LogP contribution in [-0.4, -0.2) is 71.5 Å².